The molecule has 1 aromatic rings. The minimum Gasteiger partial charge on any atom is -0.491 e. The molecule has 1 unspecified atom stereocenters. The highest BCUT2D eigenvalue weighted by atomic mass is 16.7. The van der Waals surface area contributed by atoms with E-state index in [0.717, 1.165) is 0 Å². The number of fused-ring (bicyclic) bond motifs is 1. The van der Waals surface area contributed by atoms with Crippen molar-refractivity contribution in [1.29, 1.82) is 0 Å². The maximum atomic E-state index is 11.9. The molecule has 0 radical (unpaired) electrons. The second kappa shape index (κ2) is 6.00. The number of benzene rings is 1. The van der Waals surface area contributed by atoms with Crippen molar-refractivity contribution in [2.24, 2.45) is 0 Å². The van der Waals surface area contributed by atoms with E-state index in [0.29, 0.717) is 23.9 Å². The van der Waals surface area contributed by atoms with Crippen LogP contribution in [0.4, 0.5) is 0 Å². The lowest BCUT2D eigenvalue weighted by Crippen LogP contribution is -2.53. The van der Waals surface area contributed by atoms with Gasteiger partial charge in [0.15, 0.2) is 11.5 Å². The second-order valence-electron chi connectivity index (χ2n) is 4.61. The van der Waals surface area contributed by atoms with Gasteiger partial charge >= 0.3 is 5.97 Å². The number of rotatable bonds is 6. The standard InChI is InChI=1S/C14H19NO5/c1-4-17-13(16)14(2,15-3)8-18-10-5-6-11-12(7-10)20-9-19-11/h5-7,15H,4,8-9H2,1-3H3. The first-order chi connectivity index (χ1) is 9.59. The molecule has 0 aliphatic carbocycles. The zero-order chi connectivity index (χ0) is 14.6. The van der Waals surface area contributed by atoms with Gasteiger partial charge in [-0.3, -0.25) is 0 Å². The van der Waals surface area contributed by atoms with Crippen LogP contribution in [-0.4, -0.2) is 38.6 Å². The Morgan fingerprint density at radius 1 is 1.40 bits per heavy atom. The third kappa shape index (κ3) is 2.96. The van der Waals surface area contributed by atoms with Crippen molar-refractivity contribution >= 4 is 5.97 Å². The highest BCUT2D eigenvalue weighted by molar-refractivity contribution is 5.80. The van der Waals surface area contributed by atoms with Crippen LogP contribution in [0.1, 0.15) is 13.8 Å². The molecule has 0 saturated carbocycles. The van der Waals surface area contributed by atoms with Crippen molar-refractivity contribution in [3.8, 4) is 17.2 Å². The third-order valence-corrected chi connectivity index (χ3v) is 3.15. The van der Waals surface area contributed by atoms with Crippen LogP contribution in [0, 0.1) is 0 Å². The predicted octanol–water partition coefficient (Wildman–Crippen LogP) is 1.34. The Morgan fingerprint density at radius 3 is 2.85 bits per heavy atom. The second-order valence-corrected chi connectivity index (χ2v) is 4.61. The Balaban J connectivity index is 2.01. The lowest BCUT2D eigenvalue weighted by molar-refractivity contribution is -0.151. The first-order valence-electron chi connectivity index (χ1n) is 6.47. The molecule has 6 nitrogen and oxygen atoms in total. The maximum Gasteiger partial charge on any atom is 0.329 e. The summed E-state index contributed by atoms with van der Waals surface area (Å²) in [4.78, 5) is 11.9. The fraction of sp³-hybridized carbons (Fsp3) is 0.500. The van der Waals surface area contributed by atoms with E-state index in [2.05, 4.69) is 5.32 Å². The van der Waals surface area contributed by atoms with Crippen molar-refractivity contribution < 1.29 is 23.7 Å². The van der Waals surface area contributed by atoms with Crippen LogP contribution in [0.25, 0.3) is 0 Å². The summed E-state index contributed by atoms with van der Waals surface area (Å²) < 4.78 is 21.2. The number of ether oxygens (including phenoxy) is 4. The molecule has 0 aromatic heterocycles. The van der Waals surface area contributed by atoms with E-state index < -0.39 is 5.54 Å². The summed E-state index contributed by atoms with van der Waals surface area (Å²) in [5.74, 6) is 1.60. The quantitative estimate of drug-likeness (QED) is 0.794. The molecule has 0 amide bonds. The van der Waals surface area contributed by atoms with Gasteiger partial charge in [-0.05, 0) is 33.0 Å². The Morgan fingerprint density at radius 2 is 2.15 bits per heavy atom. The van der Waals surface area contributed by atoms with Gasteiger partial charge in [-0.15, -0.1) is 0 Å². The van der Waals surface area contributed by atoms with Crippen LogP contribution in [0.3, 0.4) is 0 Å². The van der Waals surface area contributed by atoms with Crippen LogP contribution in [-0.2, 0) is 9.53 Å². The zero-order valence-corrected chi connectivity index (χ0v) is 11.9. The van der Waals surface area contributed by atoms with Crippen LogP contribution in [0.2, 0.25) is 0 Å². The largest absolute Gasteiger partial charge is 0.491 e. The SMILES string of the molecule is CCOC(=O)C(C)(COc1ccc2c(c1)OCO2)NC. The van der Waals surface area contributed by atoms with E-state index >= 15 is 0 Å². The van der Waals surface area contributed by atoms with Crippen LogP contribution in [0.5, 0.6) is 17.2 Å². The first kappa shape index (κ1) is 14.5. The number of hydrogen-bond acceptors (Lipinski definition) is 6. The summed E-state index contributed by atoms with van der Waals surface area (Å²) in [6.07, 6.45) is 0. The fourth-order valence-electron chi connectivity index (χ4n) is 1.72. The predicted molar refractivity (Wildman–Crippen MR) is 72.2 cm³/mol. The Labute approximate surface area is 118 Å². The molecule has 6 heteroatoms. The zero-order valence-electron chi connectivity index (χ0n) is 11.9. The minimum absolute atomic E-state index is 0.155. The van der Waals surface area contributed by atoms with Crippen molar-refractivity contribution in [3.05, 3.63) is 18.2 Å². The lowest BCUT2D eigenvalue weighted by Gasteiger charge is -2.26. The molecule has 1 heterocycles. The first-order valence-corrected chi connectivity index (χ1v) is 6.47. The van der Waals surface area contributed by atoms with Crippen molar-refractivity contribution in [2.75, 3.05) is 27.1 Å². The summed E-state index contributed by atoms with van der Waals surface area (Å²) in [5.41, 5.74) is -0.896. The smallest absolute Gasteiger partial charge is 0.329 e. The topological polar surface area (TPSA) is 66.0 Å². The summed E-state index contributed by atoms with van der Waals surface area (Å²) in [7, 11) is 1.69. The van der Waals surface area contributed by atoms with E-state index in [1.807, 2.05) is 0 Å². The van der Waals surface area contributed by atoms with Gasteiger partial charge < -0.3 is 24.3 Å². The van der Waals surface area contributed by atoms with Gasteiger partial charge in [-0.1, -0.05) is 0 Å². The fourth-order valence-corrected chi connectivity index (χ4v) is 1.72. The molecule has 1 atom stereocenters. The molecule has 0 saturated heterocycles. The van der Waals surface area contributed by atoms with E-state index in [1.54, 1.807) is 39.1 Å². The highest BCUT2D eigenvalue weighted by Crippen LogP contribution is 2.35. The molecule has 110 valence electrons. The van der Waals surface area contributed by atoms with E-state index in [4.69, 9.17) is 18.9 Å². The molecule has 0 spiro atoms. The van der Waals surface area contributed by atoms with E-state index in [9.17, 15) is 4.79 Å². The summed E-state index contributed by atoms with van der Waals surface area (Å²) >= 11 is 0. The van der Waals surface area contributed by atoms with Gasteiger partial charge in [0.05, 0.1) is 6.61 Å². The number of esters is 1. The maximum absolute atomic E-state index is 11.9. The summed E-state index contributed by atoms with van der Waals surface area (Å²) in [6.45, 7) is 4.21. The average molecular weight is 281 g/mol. The molecule has 1 aromatic carbocycles. The Kier molecular flexibility index (Phi) is 4.34. The monoisotopic (exact) mass is 281 g/mol. The van der Waals surface area contributed by atoms with Gasteiger partial charge in [-0.2, -0.15) is 0 Å². The third-order valence-electron chi connectivity index (χ3n) is 3.15. The number of likely N-dealkylation sites (N-methyl/N-ethyl adjacent to an activating group) is 1. The normalized spacial score (nSPS) is 15.6. The summed E-state index contributed by atoms with van der Waals surface area (Å²) in [6, 6.07) is 5.29. The average Bonchev–Trinajstić information content (AvgIpc) is 2.92. The molecular weight excluding hydrogens is 262 g/mol. The molecule has 1 N–H and O–H groups in total. The van der Waals surface area contributed by atoms with Gasteiger partial charge in [0.1, 0.15) is 17.9 Å². The molecule has 1 aliphatic heterocycles. The van der Waals surface area contributed by atoms with Gasteiger partial charge in [-0.25, -0.2) is 4.79 Å². The van der Waals surface area contributed by atoms with Gasteiger partial charge in [0, 0.05) is 6.07 Å². The number of carbonyl (C=O) groups is 1. The molecule has 20 heavy (non-hydrogen) atoms. The molecule has 1 aliphatic rings. The highest BCUT2D eigenvalue weighted by Gasteiger charge is 2.34. The number of nitrogens with one attached hydrogen (secondary N) is 1. The minimum atomic E-state index is -0.896. The van der Waals surface area contributed by atoms with Crippen molar-refractivity contribution in [1.82, 2.24) is 5.32 Å². The molecule has 0 bridgehead atoms. The lowest BCUT2D eigenvalue weighted by atomic mass is 10.1. The molecular formula is C14H19NO5. The van der Waals surface area contributed by atoms with Crippen LogP contribution < -0.4 is 19.5 Å². The molecule has 2 rings (SSSR count). The molecule has 0 fully saturated rings. The summed E-state index contributed by atoms with van der Waals surface area (Å²) in [5, 5.41) is 2.93. The van der Waals surface area contributed by atoms with Crippen molar-refractivity contribution in [3.63, 3.8) is 0 Å². The Hall–Kier alpha value is -1.95. The van der Waals surface area contributed by atoms with Crippen LogP contribution in [0.15, 0.2) is 18.2 Å². The van der Waals surface area contributed by atoms with E-state index in [1.165, 1.54) is 0 Å². The van der Waals surface area contributed by atoms with E-state index in [-0.39, 0.29) is 19.4 Å². The number of carbonyl (C=O) groups excluding carboxylic acids is 1. The van der Waals surface area contributed by atoms with Gasteiger partial charge in [0.25, 0.3) is 0 Å². The van der Waals surface area contributed by atoms with Crippen LogP contribution >= 0.6 is 0 Å². The van der Waals surface area contributed by atoms with Crippen molar-refractivity contribution in [2.45, 2.75) is 19.4 Å². The van der Waals surface area contributed by atoms with Gasteiger partial charge in [0.2, 0.25) is 6.79 Å². The Bertz CT molecular complexity index is 490. The number of hydrogen-bond donors (Lipinski definition) is 1.